The third-order valence-corrected chi connectivity index (χ3v) is 4.72. The minimum atomic E-state index is -0.440. The van der Waals surface area contributed by atoms with Crippen molar-refractivity contribution in [2.24, 2.45) is 10.9 Å². The van der Waals surface area contributed by atoms with E-state index >= 15 is 0 Å². The van der Waals surface area contributed by atoms with Gasteiger partial charge in [0, 0.05) is 33.2 Å². The number of rotatable bonds is 7. The SMILES string of the molecule is CN=C(NCCCCSC)NCC1CCCN(C(=O)OC(C)(C)C)C1.I. The van der Waals surface area contributed by atoms with Crippen LogP contribution in [0.15, 0.2) is 4.99 Å². The van der Waals surface area contributed by atoms with Crippen LogP contribution in [0.2, 0.25) is 0 Å². The molecule has 1 aliphatic rings. The molecule has 1 amide bonds. The number of hydrogen-bond donors (Lipinski definition) is 2. The molecule has 8 heteroatoms. The molecule has 0 spiro atoms. The molecule has 0 aliphatic carbocycles. The highest BCUT2D eigenvalue weighted by Crippen LogP contribution is 2.18. The molecule has 0 bridgehead atoms. The number of hydrogen-bond acceptors (Lipinski definition) is 4. The Balaban J connectivity index is 0.00000625. The summed E-state index contributed by atoms with van der Waals surface area (Å²) in [7, 11) is 1.80. The molecule has 0 aromatic carbocycles. The lowest BCUT2D eigenvalue weighted by Gasteiger charge is -2.34. The van der Waals surface area contributed by atoms with E-state index in [1.807, 2.05) is 37.4 Å². The van der Waals surface area contributed by atoms with E-state index in [0.717, 1.165) is 51.4 Å². The third kappa shape index (κ3) is 11.4. The molecule has 1 aliphatic heterocycles. The van der Waals surface area contributed by atoms with Crippen molar-refractivity contribution in [3.05, 3.63) is 0 Å². The van der Waals surface area contributed by atoms with Crippen molar-refractivity contribution in [3.63, 3.8) is 0 Å². The van der Waals surface area contributed by atoms with Crippen LogP contribution in [0.3, 0.4) is 0 Å². The number of thioether (sulfide) groups is 1. The van der Waals surface area contributed by atoms with E-state index in [1.165, 1.54) is 12.2 Å². The summed E-state index contributed by atoms with van der Waals surface area (Å²) in [5, 5.41) is 6.75. The van der Waals surface area contributed by atoms with Crippen molar-refractivity contribution in [1.29, 1.82) is 0 Å². The van der Waals surface area contributed by atoms with Crippen LogP contribution in [0.1, 0.15) is 46.5 Å². The maximum Gasteiger partial charge on any atom is 0.410 e. The minimum absolute atomic E-state index is 0. The molecule has 1 rings (SSSR count). The summed E-state index contributed by atoms with van der Waals surface area (Å²) in [5.41, 5.74) is -0.440. The van der Waals surface area contributed by atoms with Crippen LogP contribution in [-0.4, -0.2) is 67.8 Å². The molecular weight excluding hydrogens is 463 g/mol. The van der Waals surface area contributed by atoms with Gasteiger partial charge in [0.05, 0.1) is 0 Å². The number of nitrogens with zero attached hydrogens (tertiary/aromatic N) is 2. The van der Waals surface area contributed by atoms with Crippen LogP contribution in [0.5, 0.6) is 0 Å². The largest absolute Gasteiger partial charge is 0.444 e. The van der Waals surface area contributed by atoms with Crippen molar-refractivity contribution in [3.8, 4) is 0 Å². The molecule has 1 unspecified atom stereocenters. The summed E-state index contributed by atoms with van der Waals surface area (Å²) in [6, 6.07) is 0. The van der Waals surface area contributed by atoms with Gasteiger partial charge in [0.2, 0.25) is 0 Å². The van der Waals surface area contributed by atoms with Crippen LogP contribution in [0.4, 0.5) is 4.79 Å². The fourth-order valence-electron chi connectivity index (χ4n) is 2.76. The molecule has 0 radical (unpaired) electrons. The van der Waals surface area contributed by atoms with Crippen molar-refractivity contribution in [1.82, 2.24) is 15.5 Å². The molecule has 154 valence electrons. The Morgan fingerprint density at radius 3 is 2.65 bits per heavy atom. The molecule has 26 heavy (non-hydrogen) atoms. The monoisotopic (exact) mass is 500 g/mol. The highest BCUT2D eigenvalue weighted by molar-refractivity contribution is 14.0. The Morgan fingerprint density at radius 2 is 2.04 bits per heavy atom. The Kier molecular flexibility index (Phi) is 13.5. The van der Waals surface area contributed by atoms with Crippen molar-refractivity contribution < 1.29 is 9.53 Å². The fraction of sp³-hybridized carbons (Fsp3) is 0.889. The van der Waals surface area contributed by atoms with E-state index in [0.29, 0.717) is 5.92 Å². The van der Waals surface area contributed by atoms with Gasteiger partial charge in [-0.2, -0.15) is 11.8 Å². The van der Waals surface area contributed by atoms with Gasteiger partial charge in [0.15, 0.2) is 5.96 Å². The van der Waals surface area contributed by atoms with Crippen molar-refractivity contribution >= 4 is 47.8 Å². The highest BCUT2D eigenvalue weighted by atomic mass is 127. The summed E-state index contributed by atoms with van der Waals surface area (Å²) >= 11 is 1.88. The standard InChI is InChI=1S/C18H36N4O2S.HI/c1-18(2,3)24-17(23)22-11-8-9-15(14-22)13-21-16(19-4)20-10-6-7-12-25-5;/h15H,6-14H2,1-5H3,(H2,19,20,21);1H. The van der Waals surface area contributed by atoms with Gasteiger partial charge < -0.3 is 20.3 Å². The number of nitrogens with one attached hydrogen (secondary N) is 2. The second kappa shape index (κ2) is 13.7. The first-order valence-electron chi connectivity index (χ1n) is 9.27. The number of amides is 1. The predicted octanol–water partition coefficient (Wildman–Crippen LogP) is 3.56. The molecule has 1 saturated heterocycles. The number of guanidine groups is 1. The molecular formula is C18H37IN4O2S. The number of aliphatic imine (C=N–C) groups is 1. The Labute approximate surface area is 180 Å². The number of likely N-dealkylation sites (tertiary alicyclic amines) is 1. The normalized spacial score (nSPS) is 18.1. The zero-order valence-electron chi connectivity index (χ0n) is 17.0. The number of piperidine rings is 1. The van der Waals surface area contributed by atoms with Gasteiger partial charge in [-0.3, -0.25) is 4.99 Å². The Hall–Kier alpha value is -0.380. The van der Waals surface area contributed by atoms with Gasteiger partial charge in [-0.1, -0.05) is 0 Å². The fourth-order valence-corrected chi connectivity index (χ4v) is 3.26. The van der Waals surface area contributed by atoms with E-state index in [-0.39, 0.29) is 30.1 Å². The highest BCUT2D eigenvalue weighted by Gasteiger charge is 2.27. The molecule has 2 N–H and O–H groups in total. The second-order valence-electron chi connectivity index (χ2n) is 7.51. The molecule has 1 atom stereocenters. The first-order chi connectivity index (χ1) is 11.9. The lowest BCUT2D eigenvalue weighted by Crippen LogP contribution is -2.47. The van der Waals surface area contributed by atoms with Crippen LogP contribution in [-0.2, 0) is 4.74 Å². The van der Waals surface area contributed by atoms with Crippen molar-refractivity contribution in [2.45, 2.75) is 52.1 Å². The van der Waals surface area contributed by atoms with Crippen LogP contribution in [0.25, 0.3) is 0 Å². The third-order valence-electron chi connectivity index (χ3n) is 4.02. The van der Waals surface area contributed by atoms with Crippen molar-refractivity contribution in [2.75, 3.05) is 45.2 Å². The zero-order chi connectivity index (χ0) is 18.7. The van der Waals surface area contributed by atoms with Crippen LogP contribution in [0, 0.1) is 5.92 Å². The van der Waals surface area contributed by atoms with E-state index in [9.17, 15) is 4.79 Å². The van der Waals surface area contributed by atoms with Gasteiger partial charge in [-0.15, -0.1) is 24.0 Å². The minimum Gasteiger partial charge on any atom is -0.444 e. The summed E-state index contributed by atoms with van der Waals surface area (Å²) in [5.74, 6) is 2.48. The molecule has 1 fully saturated rings. The van der Waals surface area contributed by atoms with Gasteiger partial charge in [0.1, 0.15) is 5.60 Å². The number of unbranched alkanes of at least 4 members (excludes halogenated alkanes) is 1. The number of halogens is 1. The lowest BCUT2D eigenvalue weighted by molar-refractivity contribution is 0.0168. The smallest absolute Gasteiger partial charge is 0.410 e. The molecule has 0 aromatic heterocycles. The quantitative estimate of drug-likeness (QED) is 0.242. The van der Waals surface area contributed by atoms with Crippen LogP contribution < -0.4 is 10.6 Å². The topological polar surface area (TPSA) is 66.0 Å². The number of ether oxygens (including phenoxy) is 1. The predicted molar refractivity (Wildman–Crippen MR) is 123 cm³/mol. The number of carbonyl (C=O) groups excluding carboxylic acids is 1. The molecule has 0 aromatic rings. The molecule has 0 saturated carbocycles. The summed E-state index contributed by atoms with van der Waals surface area (Å²) in [6.07, 6.45) is 6.45. The van der Waals surface area contributed by atoms with Crippen LogP contribution >= 0.6 is 35.7 Å². The lowest BCUT2D eigenvalue weighted by atomic mass is 9.98. The van der Waals surface area contributed by atoms with E-state index in [4.69, 9.17) is 4.74 Å². The summed E-state index contributed by atoms with van der Waals surface area (Å²) in [4.78, 5) is 18.3. The van der Waals surface area contributed by atoms with E-state index in [2.05, 4.69) is 21.9 Å². The van der Waals surface area contributed by atoms with Gasteiger partial charge in [0.25, 0.3) is 0 Å². The maximum atomic E-state index is 12.2. The Bertz CT molecular complexity index is 430. The maximum absolute atomic E-state index is 12.2. The number of carbonyl (C=O) groups is 1. The van der Waals surface area contributed by atoms with E-state index in [1.54, 1.807) is 7.05 Å². The summed E-state index contributed by atoms with van der Waals surface area (Å²) < 4.78 is 5.49. The molecule has 6 nitrogen and oxygen atoms in total. The van der Waals surface area contributed by atoms with Gasteiger partial charge in [-0.25, -0.2) is 4.79 Å². The van der Waals surface area contributed by atoms with Gasteiger partial charge >= 0.3 is 6.09 Å². The van der Waals surface area contributed by atoms with E-state index < -0.39 is 5.60 Å². The average molecular weight is 500 g/mol. The first-order valence-corrected chi connectivity index (χ1v) is 10.7. The zero-order valence-corrected chi connectivity index (χ0v) is 20.1. The second-order valence-corrected chi connectivity index (χ2v) is 8.50. The summed E-state index contributed by atoms with van der Waals surface area (Å²) in [6.45, 7) is 9.01. The first kappa shape index (κ1) is 25.6. The Morgan fingerprint density at radius 1 is 1.31 bits per heavy atom. The molecule has 1 heterocycles. The van der Waals surface area contributed by atoms with Gasteiger partial charge in [-0.05, 0) is 64.4 Å². The average Bonchev–Trinajstić information content (AvgIpc) is 2.56.